The second-order valence-electron chi connectivity index (χ2n) is 5.71. The minimum atomic E-state index is -3.67. The highest BCUT2D eigenvalue weighted by molar-refractivity contribution is 7.89. The highest BCUT2D eigenvalue weighted by Crippen LogP contribution is 2.31. The van der Waals surface area contributed by atoms with Gasteiger partial charge in [0.25, 0.3) is 5.91 Å². The number of ether oxygens (including phenoxy) is 1. The lowest BCUT2D eigenvalue weighted by molar-refractivity contribution is -0.123. The molecular weight excluding hydrogens is 340 g/mol. The summed E-state index contributed by atoms with van der Waals surface area (Å²) in [7, 11) is -3.67. The first-order chi connectivity index (χ1) is 10.8. The smallest absolute Gasteiger partial charge is 0.258 e. The summed E-state index contributed by atoms with van der Waals surface area (Å²) in [6, 6.07) is 4.38. The van der Waals surface area contributed by atoms with Crippen molar-refractivity contribution in [3.05, 3.63) is 23.2 Å². The third-order valence-electron chi connectivity index (χ3n) is 3.40. The van der Waals surface area contributed by atoms with Crippen LogP contribution in [-0.2, 0) is 14.8 Å². The molecule has 1 N–H and O–H groups in total. The fourth-order valence-electron chi connectivity index (χ4n) is 2.38. The molecule has 1 heterocycles. The Morgan fingerprint density at radius 3 is 2.61 bits per heavy atom. The first-order valence-corrected chi connectivity index (χ1v) is 9.34. The van der Waals surface area contributed by atoms with E-state index in [0.717, 1.165) is 12.8 Å². The summed E-state index contributed by atoms with van der Waals surface area (Å²) in [6.07, 6.45) is 1.68. The maximum absolute atomic E-state index is 12.7. The molecule has 2 rings (SSSR count). The number of amides is 1. The summed E-state index contributed by atoms with van der Waals surface area (Å²) < 4.78 is 32.3. The lowest BCUT2D eigenvalue weighted by Crippen LogP contribution is -2.34. The van der Waals surface area contributed by atoms with Crippen LogP contribution >= 0.6 is 11.6 Å². The molecule has 0 unspecified atom stereocenters. The summed E-state index contributed by atoms with van der Waals surface area (Å²) in [4.78, 5) is 11.7. The number of benzene rings is 1. The SMILES string of the molecule is CC(C)NC(=O)COc1ccc(Cl)cc1S(=O)(=O)N1CCCC1. The van der Waals surface area contributed by atoms with Gasteiger partial charge in [-0.15, -0.1) is 0 Å². The Balaban J connectivity index is 2.22. The third-order valence-corrected chi connectivity index (χ3v) is 5.55. The van der Waals surface area contributed by atoms with Gasteiger partial charge in [-0.3, -0.25) is 4.79 Å². The van der Waals surface area contributed by atoms with Crippen LogP contribution < -0.4 is 10.1 Å². The van der Waals surface area contributed by atoms with Gasteiger partial charge in [0.1, 0.15) is 10.6 Å². The molecule has 8 heteroatoms. The average molecular weight is 361 g/mol. The molecule has 1 amide bonds. The van der Waals surface area contributed by atoms with Crippen molar-refractivity contribution in [3.8, 4) is 5.75 Å². The van der Waals surface area contributed by atoms with Crippen LogP contribution in [0.4, 0.5) is 0 Å². The fraction of sp³-hybridized carbons (Fsp3) is 0.533. The van der Waals surface area contributed by atoms with Gasteiger partial charge in [0.05, 0.1) is 0 Å². The van der Waals surface area contributed by atoms with Gasteiger partial charge < -0.3 is 10.1 Å². The number of carbonyl (C=O) groups excluding carboxylic acids is 1. The molecule has 0 radical (unpaired) electrons. The van der Waals surface area contributed by atoms with Crippen LogP contribution in [0.2, 0.25) is 5.02 Å². The van der Waals surface area contributed by atoms with Gasteiger partial charge >= 0.3 is 0 Å². The van der Waals surface area contributed by atoms with Gasteiger partial charge in [-0.1, -0.05) is 11.6 Å². The van der Waals surface area contributed by atoms with Crippen molar-refractivity contribution < 1.29 is 17.9 Å². The van der Waals surface area contributed by atoms with Crippen molar-refractivity contribution in [2.45, 2.75) is 37.6 Å². The summed E-state index contributed by atoms with van der Waals surface area (Å²) >= 11 is 5.94. The second kappa shape index (κ2) is 7.51. The number of hydrogen-bond donors (Lipinski definition) is 1. The maximum Gasteiger partial charge on any atom is 0.258 e. The quantitative estimate of drug-likeness (QED) is 0.842. The molecule has 0 aliphatic carbocycles. The number of halogens is 1. The predicted octanol–water partition coefficient (Wildman–Crippen LogP) is 2.03. The molecule has 0 bridgehead atoms. The summed E-state index contributed by atoms with van der Waals surface area (Å²) in [5.41, 5.74) is 0. The predicted molar refractivity (Wildman–Crippen MR) is 88.2 cm³/mol. The van der Waals surface area contributed by atoms with Gasteiger partial charge in [0, 0.05) is 24.2 Å². The number of rotatable bonds is 6. The third kappa shape index (κ3) is 4.59. The van der Waals surface area contributed by atoms with Crippen molar-refractivity contribution in [2.75, 3.05) is 19.7 Å². The van der Waals surface area contributed by atoms with Crippen LogP contribution in [-0.4, -0.2) is 44.4 Å². The zero-order valence-electron chi connectivity index (χ0n) is 13.2. The van der Waals surface area contributed by atoms with Gasteiger partial charge in [-0.2, -0.15) is 4.31 Å². The molecule has 6 nitrogen and oxygen atoms in total. The second-order valence-corrected chi connectivity index (χ2v) is 8.06. The molecule has 0 atom stereocenters. The van der Waals surface area contributed by atoms with E-state index in [0.29, 0.717) is 18.1 Å². The Kier molecular flexibility index (Phi) is 5.89. The van der Waals surface area contributed by atoms with Crippen LogP contribution in [0.3, 0.4) is 0 Å². The standard InChI is InChI=1S/C15H21ClN2O4S/c1-11(2)17-15(19)10-22-13-6-5-12(16)9-14(13)23(20,21)18-7-3-4-8-18/h5-6,9,11H,3-4,7-8,10H2,1-2H3,(H,17,19). The molecule has 0 aromatic heterocycles. The molecule has 1 aliphatic rings. The maximum atomic E-state index is 12.7. The van der Waals surface area contributed by atoms with Gasteiger partial charge in [-0.25, -0.2) is 8.42 Å². The molecule has 1 aliphatic heterocycles. The Hall–Kier alpha value is -1.31. The van der Waals surface area contributed by atoms with Gasteiger partial charge in [0.2, 0.25) is 10.0 Å². The molecule has 0 spiro atoms. The highest BCUT2D eigenvalue weighted by Gasteiger charge is 2.30. The summed E-state index contributed by atoms with van der Waals surface area (Å²) in [5, 5.41) is 3.00. The highest BCUT2D eigenvalue weighted by atomic mass is 35.5. The van der Waals surface area contributed by atoms with E-state index in [4.69, 9.17) is 16.3 Å². The minimum Gasteiger partial charge on any atom is -0.482 e. The Bertz CT molecular complexity index is 670. The number of nitrogens with one attached hydrogen (secondary N) is 1. The molecule has 1 saturated heterocycles. The summed E-state index contributed by atoms with van der Waals surface area (Å²) in [6.45, 7) is 4.40. The lowest BCUT2D eigenvalue weighted by Gasteiger charge is -2.18. The Morgan fingerprint density at radius 2 is 2.00 bits per heavy atom. The Labute approximate surface area is 141 Å². The first-order valence-electron chi connectivity index (χ1n) is 7.52. The molecule has 1 aromatic carbocycles. The van der Waals surface area contributed by atoms with Crippen LogP contribution in [0.1, 0.15) is 26.7 Å². The van der Waals surface area contributed by atoms with Crippen molar-refractivity contribution in [1.82, 2.24) is 9.62 Å². The van der Waals surface area contributed by atoms with Crippen molar-refractivity contribution in [1.29, 1.82) is 0 Å². The zero-order valence-corrected chi connectivity index (χ0v) is 14.8. The molecule has 1 fully saturated rings. The number of sulfonamides is 1. The molecular formula is C15H21ClN2O4S. The first kappa shape index (κ1) is 18.0. The van der Waals surface area contributed by atoms with E-state index in [9.17, 15) is 13.2 Å². The largest absolute Gasteiger partial charge is 0.482 e. The topological polar surface area (TPSA) is 75.7 Å². The number of carbonyl (C=O) groups is 1. The van der Waals surface area contributed by atoms with Crippen LogP contribution in [0, 0.1) is 0 Å². The van der Waals surface area contributed by atoms with Crippen molar-refractivity contribution in [2.24, 2.45) is 0 Å². The van der Waals surface area contributed by atoms with Crippen LogP contribution in [0.25, 0.3) is 0 Å². The van der Waals surface area contributed by atoms with E-state index in [1.165, 1.54) is 16.4 Å². The molecule has 23 heavy (non-hydrogen) atoms. The molecule has 0 saturated carbocycles. The normalized spacial score (nSPS) is 15.8. The minimum absolute atomic E-state index is 0.00393. The van der Waals surface area contributed by atoms with E-state index in [2.05, 4.69) is 5.32 Å². The van der Waals surface area contributed by atoms with E-state index in [-0.39, 0.29) is 29.2 Å². The van der Waals surface area contributed by atoms with E-state index in [1.54, 1.807) is 6.07 Å². The van der Waals surface area contributed by atoms with Crippen molar-refractivity contribution in [3.63, 3.8) is 0 Å². The van der Waals surface area contributed by atoms with E-state index >= 15 is 0 Å². The number of nitrogens with zero attached hydrogens (tertiary/aromatic N) is 1. The van der Waals surface area contributed by atoms with E-state index in [1.807, 2.05) is 13.8 Å². The van der Waals surface area contributed by atoms with E-state index < -0.39 is 10.0 Å². The molecule has 1 aromatic rings. The monoisotopic (exact) mass is 360 g/mol. The fourth-order valence-corrected chi connectivity index (χ4v) is 4.29. The van der Waals surface area contributed by atoms with Crippen molar-refractivity contribution >= 4 is 27.5 Å². The van der Waals surface area contributed by atoms with Gasteiger partial charge in [0.15, 0.2) is 6.61 Å². The van der Waals surface area contributed by atoms with Crippen LogP contribution in [0.5, 0.6) is 5.75 Å². The zero-order chi connectivity index (χ0) is 17.0. The average Bonchev–Trinajstić information content (AvgIpc) is 3.00. The molecule has 128 valence electrons. The lowest BCUT2D eigenvalue weighted by atomic mass is 10.3. The Morgan fingerprint density at radius 1 is 1.35 bits per heavy atom. The summed E-state index contributed by atoms with van der Waals surface area (Å²) in [5.74, 6) is -0.167. The number of hydrogen-bond acceptors (Lipinski definition) is 4. The van der Waals surface area contributed by atoms with Gasteiger partial charge in [-0.05, 0) is 44.9 Å². The van der Waals surface area contributed by atoms with Crippen LogP contribution in [0.15, 0.2) is 23.1 Å².